The zero-order valence-electron chi connectivity index (χ0n) is 11.8. The second kappa shape index (κ2) is 5.90. The zero-order valence-corrected chi connectivity index (χ0v) is 12.6. The summed E-state index contributed by atoms with van der Waals surface area (Å²) in [7, 11) is 2.02. The molecule has 20 heavy (non-hydrogen) atoms. The maximum Gasteiger partial charge on any atom is 0.124 e. The first-order chi connectivity index (χ1) is 9.78. The molecular weight excluding hydrogens is 266 g/mol. The van der Waals surface area contributed by atoms with Gasteiger partial charge in [0, 0.05) is 10.5 Å². The van der Waals surface area contributed by atoms with Crippen molar-refractivity contribution in [2.75, 3.05) is 13.7 Å². The first-order valence-corrected chi connectivity index (χ1v) is 7.78. The Balaban J connectivity index is 1.84. The topological polar surface area (TPSA) is 21.3 Å². The highest BCUT2D eigenvalue weighted by molar-refractivity contribution is 8.00. The van der Waals surface area contributed by atoms with Crippen molar-refractivity contribution in [3.8, 4) is 5.75 Å². The van der Waals surface area contributed by atoms with Gasteiger partial charge >= 0.3 is 0 Å². The van der Waals surface area contributed by atoms with Crippen LogP contribution in [0.1, 0.15) is 17.2 Å². The van der Waals surface area contributed by atoms with Crippen LogP contribution < -0.4 is 10.1 Å². The number of aryl methyl sites for hydroxylation is 1. The maximum absolute atomic E-state index is 5.91. The van der Waals surface area contributed by atoms with Crippen molar-refractivity contribution in [2.24, 2.45) is 0 Å². The predicted molar refractivity (Wildman–Crippen MR) is 84.6 cm³/mol. The lowest BCUT2D eigenvalue weighted by atomic mass is 10.0. The molecule has 2 aromatic rings. The smallest absolute Gasteiger partial charge is 0.124 e. The highest BCUT2D eigenvalue weighted by atomic mass is 32.2. The van der Waals surface area contributed by atoms with Crippen LogP contribution in [-0.4, -0.2) is 18.9 Å². The molecule has 1 aliphatic rings. The fourth-order valence-electron chi connectivity index (χ4n) is 2.64. The molecule has 0 saturated carbocycles. The molecule has 3 rings (SSSR count). The van der Waals surface area contributed by atoms with Crippen LogP contribution in [0.4, 0.5) is 0 Å². The van der Waals surface area contributed by atoms with Gasteiger partial charge in [0.1, 0.15) is 12.4 Å². The van der Waals surface area contributed by atoms with Crippen LogP contribution in [0.5, 0.6) is 5.75 Å². The first-order valence-electron chi connectivity index (χ1n) is 6.90. The number of rotatable bonds is 3. The van der Waals surface area contributed by atoms with Crippen molar-refractivity contribution in [3.63, 3.8) is 0 Å². The van der Waals surface area contributed by atoms with E-state index in [1.807, 2.05) is 30.9 Å². The largest absolute Gasteiger partial charge is 0.492 e. The number of nitrogens with one attached hydrogen (secondary N) is 1. The Morgan fingerprint density at radius 1 is 1.15 bits per heavy atom. The molecule has 0 fully saturated rings. The molecule has 1 aliphatic heterocycles. The summed E-state index contributed by atoms with van der Waals surface area (Å²) >= 11 is 1.89. The number of para-hydroxylation sites is 1. The van der Waals surface area contributed by atoms with Gasteiger partial charge in [-0.05, 0) is 32.2 Å². The quantitative estimate of drug-likeness (QED) is 0.926. The van der Waals surface area contributed by atoms with E-state index in [-0.39, 0.29) is 0 Å². The lowest BCUT2D eigenvalue weighted by Crippen LogP contribution is -2.35. The number of benzene rings is 2. The lowest BCUT2D eigenvalue weighted by Gasteiger charge is -2.33. The summed E-state index contributed by atoms with van der Waals surface area (Å²) in [4.78, 5) is 1.30. The monoisotopic (exact) mass is 285 g/mol. The second-order valence-electron chi connectivity index (χ2n) is 5.09. The van der Waals surface area contributed by atoms with E-state index in [1.54, 1.807) is 0 Å². The van der Waals surface area contributed by atoms with E-state index in [0.29, 0.717) is 11.3 Å². The fourth-order valence-corrected chi connectivity index (χ4v) is 3.96. The van der Waals surface area contributed by atoms with Gasteiger partial charge in [0.2, 0.25) is 0 Å². The van der Waals surface area contributed by atoms with E-state index >= 15 is 0 Å². The molecule has 0 amide bonds. The van der Waals surface area contributed by atoms with Gasteiger partial charge in [-0.3, -0.25) is 0 Å². The van der Waals surface area contributed by atoms with Crippen molar-refractivity contribution in [1.82, 2.24) is 5.32 Å². The van der Waals surface area contributed by atoms with E-state index in [1.165, 1.54) is 16.0 Å². The zero-order chi connectivity index (χ0) is 13.9. The highest BCUT2D eigenvalue weighted by Gasteiger charge is 2.30. The summed E-state index contributed by atoms with van der Waals surface area (Å²) < 4.78 is 5.91. The minimum absolute atomic E-state index is 0.325. The van der Waals surface area contributed by atoms with Crippen LogP contribution in [-0.2, 0) is 0 Å². The Hall–Kier alpha value is -1.45. The summed E-state index contributed by atoms with van der Waals surface area (Å²) in [6.07, 6.45) is 0. The average Bonchev–Trinajstić information content (AvgIpc) is 2.47. The molecule has 0 bridgehead atoms. The molecule has 2 atom stereocenters. The van der Waals surface area contributed by atoms with Crippen molar-refractivity contribution >= 4 is 11.8 Å². The van der Waals surface area contributed by atoms with Crippen molar-refractivity contribution in [1.29, 1.82) is 0 Å². The molecule has 2 unspecified atom stereocenters. The number of ether oxygens (including phenoxy) is 1. The van der Waals surface area contributed by atoms with Gasteiger partial charge in [-0.25, -0.2) is 0 Å². The Labute approximate surface area is 124 Å². The van der Waals surface area contributed by atoms with E-state index in [4.69, 9.17) is 4.74 Å². The second-order valence-corrected chi connectivity index (χ2v) is 6.40. The van der Waals surface area contributed by atoms with Crippen molar-refractivity contribution < 1.29 is 4.74 Å². The normalized spacial score (nSPS) is 21.1. The Morgan fingerprint density at radius 3 is 2.80 bits per heavy atom. The third kappa shape index (κ3) is 2.69. The van der Waals surface area contributed by atoms with Crippen LogP contribution in [0, 0.1) is 6.92 Å². The molecule has 0 saturated heterocycles. The van der Waals surface area contributed by atoms with Crippen LogP contribution in [0.2, 0.25) is 0 Å². The Kier molecular flexibility index (Phi) is 3.99. The Morgan fingerprint density at radius 2 is 2.00 bits per heavy atom. The third-order valence-corrected chi connectivity index (χ3v) is 4.85. The molecule has 2 nitrogen and oxygen atoms in total. The molecule has 0 radical (unpaired) electrons. The molecule has 3 heteroatoms. The highest BCUT2D eigenvalue weighted by Crippen LogP contribution is 2.39. The van der Waals surface area contributed by atoms with Crippen molar-refractivity contribution in [3.05, 3.63) is 59.7 Å². The molecule has 1 N–H and O–H groups in total. The van der Waals surface area contributed by atoms with Gasteiger partial charge in [0.05, 0.1) is 11.3 Å². The maximum atomic E-state index is 5.91. The summed E-state index contributed by atoms with van der Waals surface area (Å²) in [6.45, 7) is 2.87. The molecule has 1 heterocycles. The average molecular weight is 285 g/mol. The molecule has 104 valence electrons. The fraction of sp³-hybridized carbons (Fsp3) is 0.294. The Bertz CT molecular complexity index is 599. The number of hydrogen-bond acceptors (Lipinski definition) is 3. The van der Waals surface area contributed by atoms with Gasteiger partial charge in [0.25, 0.3) is 0 Å². The molecule has 2 aromatic carbocycles. The van der Waals surface area contributed by atoms with E-state index < -0.39 is 0 Å². The van der Waals surface area contributed by atoms with Crippen LogP contribution in [0.3, 0.4) is 0 Å². The first kappa shape index (κ1) is 13.5. The van der Waals surface area contributed by atoms with Gasteiger partial charge < -0.3 is 10.1 Å². The summed E-state index contributed by atoms with van der Waals surface area (Å²) in [5.74, 6) is 1.01. The SMILES string of the molecule is CNC1c2ccccc2OCC1Sc1cccc(C)c1. The number of fused-ring (bicyclic) bond motifs is 1. The van der Waals surface area contributed by atoms with Gasteiger partial charge in [-0.2, -0.15) is 0 Å². The number of thioether (sulfide) groups is 1. The van der Waals surface area contributed by atoms with E-state index in [2.05, 4.69) is 48.6 Å². The summed E-state index contributed by atoms with van der Waals surface area (Å²) in [5.41, 5.74) is 2.56. The third-order valence-electron chi connectivity index (χ3n) is 3.62. The molecular formula is C17H19NOS. The van der Waals surface area contributed by atoms with E-state index in [9.17, 15) is 0 Å². The molecule has 0 aromatic heterocycles. The van der Waals surface area contributed by atoms with Crippen LogP contribution >= 0.6 is 11.8 Å². The summed E-state index contributed by atoms with van der Waals surface area (Å²) in [5, 5.41) is 3.83. The van der Waals surface area contributed by atoms with E-state index in [0.717, 1.165) is 12.4 Å². The minimum Gasteiger partial charge on any atom is -0.492 e. The van der Waals surface area contributed by atoms with Gasteiger partial charge in [-0.15, -0.1) is 11.8 Å². The minimum atomic E-state index is 0.325. The molecule has 0 aliphatic carbocycles. The van der Waals surface area contributed by atoms with Gasteiger partial charge in [-0.1, -0.05) is 35.9 Å². The van der Waals surface area contributed by atoms with Crippen molar-refractivity contribution in [2.45, 2.75) is 23.1 Å². The van der Waals surface area contributed by atoms with Crippen LogP contribution in [0.15, 0.2) is 53.4 Å². The molecule has 0 spiro atoms. The van der Waals surface area contributed by atoms with Crippen LogP contribution in [0.25, 0.3) is 0 Å². The lowest BCUT2D eigenvalue weighted by molar-refractivity contribution is 0.265. The standard InChI is InChI=1S/C17H19NOS/c1-12-6-5-7-13(10-12)20-16-11-19-15-9-4-3-8-14(15)17(16)18-2/h3-10,16-18H,11H2,1-2H3. The van der Waals surface area contributed by atoms with Gasteiger partial charge in [0.15, 0.2) is 0 Å². The summed E-state index contributed by atoms with van der Waals surface area (Å²) in [6, 6.07) is 17.3. The predicted octanol–water partition coefficient (Wildman–Crippen LogP) is 3.81. The number of hydrogen-bond donors (Lipinski definition) is 1.